The Morgan fingerprint density at radius 2 is 1.79 bits per heavy atom. The van der Waals surface area contributed by atoms with Crippen LogP contribution < -0.4 is 19.5 Å². The van der Waals surface area contributed by atoms with Gasteiger partial charge in [-0.1, -0.05) is 0 Å². The number of carbonyl (C=O) groups excluding carboxylic acids is 1. The molecule has 0 aliphatic rings. The number of carbonyl (C=O) groups is 1. The number of methoxy groups -OCH3 is 3. The van der Waals surface area contributed by atoms with Crippen molar-refractivity contribution in [2.75, 3.05) is 21.3 Å². The number of aryl methyl sites for hydroxylation is 2. The predicted octanol–water partition coefficient (Wildman–Crippen LogP) is 3.98. The summed E-state index contributed by atoms with van der Waals surface area (Å²) >= 11 is 1.30. The summed E-state index contributed by atoms with van der Waals surface area (Å²) in [6.45, 7) is 3.91. The summed E-state index contributed by atoms with van der Waals surface area (Å²) in [4.78, 5) is 17.7. The minimum atomic E-state index is -0.218. The lowest BCUT2D eigenvalue weighted by molar-refractivity contribution is 0.0953. The second-order valence-electron chi connectivity index (χ2n) is 6.04. The third-order valence-corrected chi connectivity index (χ3v) is 5.37. The summed E-state index contributed by atoms with van der Waals surface area (Å²) < 4.78 is 21.7. The van der Waals surface area contributed by atoms with Crippen molar-refractivity contribution in [3.8, 4) is 28.0 Å². The number of ether oxygens (including phenoxy) is 3. The standard InChI is InChI=1S/C20H22N2O5S/c1-11-6-7-15(27-11)20-22-12(2)18(28-20)19(23)21-10-14-16(25-4)8-13(24-3)9-17(14)26-5/h6-9H,10H2,1-5H3,(H,21,23). The normalized spacial score (nSPS) is 10.6. The van der Waals surface area contributed by atoms with Crippen LogP contribution in [-0.4, -0.2) is 32.2 Å². The zero-order chi connectivity index (χ0) is 20.3. The van der Waals surface area contributed by atoms with Crippen molar-refractivity contribution < 1.29 is 23.4 Å². The Kier molecular flexibility index (Phi) is 5.89. The number of hydrogen-bond donors (Lipinski definition) is 1. The third kappa shape index (κ3) is 3.96. The van der Waals surface area contributed by atoms with Gasteiger partial charge in [0.25, 0.3) is 5.91 Å². The number of amides is 1. The first kappa shape index (κ1) is 19.8. The molecule has 0 unspecified atom stereocenters. The molecule has 0 bridgehead atoms. The molecule has 3 aromatic rings. The first-order chi connectivity index (χ1) is 13.5. The molecule has 0 atom stereocenters. The number of aromatic nitrogens is 1. The lowest BCUT2D eigenvalue weighted by atomic mass is 10.1. The molecule has 2 aromatic heterocycles. The quantitative estimate of drug-likeness (QED) is 0.644. The smallest absolute Gasteiger partial charge is 0.263 e. The van der Waals surface area contributed by atoms with Crippen LogP contribution in [0.4, 0.5) is 0 Å². The monoisotopic (exact) mass is 402 g/mol. The Bertz CT molecular complexity index is 967. The highest BCUT2D eigenvalue weighted by atomic mass is 32.1. The second-order valence-corrected chi connectivity index (χ2v) is 7.04. The maximum atomic E-state index is 12.7. The summed E-state index contributed by atoms with van der Waals surface area (Å²) in [6.07, 6.45) is 0. The van der Waals surface area contributed by atoms with Crippen LogP contribution in [0.1, 0.15) is 26.7 Å². The number of hydrogen-bond acceptors (Lipinski definition) is 7. The lowest BCUT2D eigenvalue weighted by Gasteiger charge is -2.15. The van der Waals surface area contributed by atoms with Gasteiger partial charge < -0.3 is 23.9 Å². The number of benzene rings is 1. The van der Waals surface area contributed by atoms with Gasteiger partial charge in [0, 0.05) is 12.1 Å². The van der Waals surface area contributed by atoms with Crippen LogP contribution in [0, 0.1) is 13.8 Å². The first-order valence-corrected chi connectivity index (χ1v) is 9.39. The average Bonchev–Trinajstić information content (AvgIpc) is 3.30. The molecule has 7 nitrogen and oxygen atoms in total. The zero-order valence-corrected chi connectivity index (χ0v) is 17.2. The Morgan fingerprint density at radius 3 is 2.32 bits per heavy atom. The maximum Gasteiger partial charge on any atom is 0.263 e. The average molecular weight is 402 g/mol. The second kappa shape index (κ2) is 8.35. The van der Waals surface area contributed by atoms with Crippen LogP contribution in [0.2, 0.25) is 0 Å². The molecule has 2 heterocycles. The third-order valence-electron chi connectivity index (χ3n) is 4.20. The van der Waals surface area contributed by atoms with E-state index in [1.165, 1.54) is 11.3 Å². The number of furan rings is 1. The Hall–Kier alpha value is -3.00. The topological polar surface area (TPSA) is 82.8 Å². The Labute approximate surface area is 167 Å². The largest absolute Gasteiger partial charge is 0.496 e. The fourth-order valence-corrected chi connectivity index (χ4v) is 3.71. The number of thiazole rings is 1. The summed E-state index contributed by atoms with van der Waals surface area (Å²) in [5.41, 5.74) is 1.38. The number of rotatable bonds is 7. The molecule has 1 amide bonds. The van der Waals surface area contributed by atoms with Crippen LogP contribution in [0.15, 0.2) is 28.7 Å². The highest BCUT2D eigenvalue weighted by molar-refractivity contribution is 7.17. The van der Waals surface area contributed by atoms with Crippen molar-refractivity contribution in [3.63, 3.8) is 0 Å². The van der Waals surface area contributed by atoms with Crippen molar-refractivity contribution in [3.05, 3.63) is 46.2 Å². The van der Waals surface area contributed by atoms with E-state index in [0.717, 1.165) is 11.3 Å². The summed E-state index contributed by atoms with van der Waals surface area (Å²) in [5, 5.41) is 3.59. The van der Waals surface area contributed by atoms with Crippen molar-refractivity contribution in [2.45, 2.75) is 20.4 Å². The van der Waals surface area contributed by atoms with Gasteiger partial charge >= 0.3 is 0 Å². The molecule has 28 heavy (non-hydrogen) atoms. The molecular weight excluding hydrogens is 380 g/mol. The molecule has 1 N–H and O–H groups in total. The van der Waals surface area contributed by atoms with Gasteiger partial charge in [0.1, 0.15) is 27.9 Å². The molecule has 0 saturated heterocycles. The first-order valence-electron chi connectivity index (χ1n) is 8.58. The molecule has 0 aliphatic heterocycles. The Morgan fingerprint density at radius 1 is 1.11 bits per heavy atom. The van der Waals surface area contributed by atoms with E-state index >= 15 is 0 Å². The molecule has 8 heteroatoms. The SMILES string of the molecule is COc1cc(OC)c(CNC(=O)c2sc(-c3ccc(C)o3)nc2C)c(OC)c1. The highest BCUT2D eigenvalue weighted by Gasteiger charge is 2.19. The van der Waals surface area contributed by atoms with Gasteiger partial charge in [0.15, 0.2) is 10.8 Å². The lowest BCUT2D eigenvalue weighted by Crippen LogP contribution is -2.23. The molecule has 0 aliphatic carbocycles. The molecule has 0 fully saturated rings. The predicted molar refractivity (Wildman–Crippen MR) is 107 cm³/mol. The van der Waals surface area contributed by atoms with E-state index in [2.05, 4.69) is 10.3 Å². The van der Waals surface area contributed by atoms with Crippen LogP contribution >= 0.6 is 11.3 Å². The molecule has 148 valence electrons. The van der Waals surface area contributed by atoms with E-state index in [1.54, 1.807) is 40.4 Å². The van der Waals surface area contributed by atoms with Crippen molar-refractivity contribution >= 4 is 17.2 Å². The molecule has 1 aromatic carbocycles. The zero-order valence-electron chi connectivity index (χ0n) is 16.4. The fourth-order valence-electron chi connectivity index (χ4n) is 2.76. The van der Waals surface area contributed by atoms with Crippen molar-refractivity contribution in [1.29, 1.82) is 0 Å². The van der Waals surface area contributed by atoms with Gasteiger partial charge in [-0.25, -0.2) is 4.98 Å². The van der Waals surface area contributed by atoms with Crippen molar-refractivity contribution in [1.82, 2.24) is 10.3 Å². The minimum Gasteiger partial charge on any atom is -0.496 e. The molecule has 0 saturated carbocycles. The number of nitrogens with one attached hydrogen (secondary N) is 1. The minimum absolute atomic E-state index is 0.218. The summed E-state index contributed by atoms with van der Waals surface area (Å²) in [5.74, 6) is 2.99. The fraction of sp³-hybridized carbons (Fsp3) is 0.300. The van der Waals surface area contributed by atoms with Gasteiger partial charge in [-0.2, -0.15) is 0 Å². The summed E-state index contributed by atoms with van der Waals surface area (Å²) in [7, 11) is 4.69. The van der Waals surface area contributed by atoms with Gasteiger partial charge in [-0.15, -0.1) is 11.3 Å². The van der Waals surface area contributed by atoms with Gasteiger partial charge in [0.05, 0.1) is 39.1 Å². The van der Waals surface area contributed by atoms with E-state index in [-0.39, 0.29) is 12.5 Å². The Balaban J connectivity index is 1.80. The van der Waals surface area contributed by atoms with Crippen LogP contribution in [0.3, 0.4) is 0 Å². The van der Waals surface area contributed by atoms with E-state index in [1.807, 2.05) is 19.1 Å². The van der Waals surface area contributed by atoms with Gasteiger partial charge in [-0.05, 0) is 26.0 Å². The molecular formula is C20H22N2O5S. The van der Waals surface area contributed by atoms with Gasteiger partial charge in [0.2, 0.25) is 0 Å². The van der Waals surface area contributed by atoms with E-state index in [0.29, 0.717) is 38.6 Å². The highest BCUT2D eigenvalue weighted by Crippen LogP contribution is 2.34. The van der Waals surface area contributed by atoms with E-state index in [9.17, 15) is 4.79 Å². The van der Waals surface area contributed by atoms with Crippen molar-refractivity contribution in [2.24, 2.45) is 0 Å². The van der Waals surface area contributed by atoms with Gasteiger partial charge in [-0.3, -0.25) is 4.79 Å². The number of nitrogens with zero attached hydrogens (tertiary/aromatic N) is 1. The molecule has 3 rings (SSSR count). The van der Waals surface area contributed by atoms with Crippen LogP contribution in [0.5, 0.6) is 17.2 Å². The van der Waals surface area contributed by atoms with E-state index < -0.39 is 0 Å². The van der Waals surface area contributed by atoms with Crippen LogP contribution in [-0.2, 0) is 6.54 Å². The molecule has 0 radical (unpaired) electrons. The maximum absolute atomic E-state index is 12.7. The van der Waals surface area contributed by atoms with Crippen LogP contribution in [0.25, 0.3) is 10.8 Å². The van der Waals surface area contributed by atoms with E-state index in [4.69, 9.17) is 18.6 Å². The molecule has 0 spiro atoms. The summed E-state index contributed by atoms with van der Waals surface area (Å²) in [6, 6.07) is 7.22.